The second kappa shape index (κ2) is 11.8. The van der Waals surface area contributed by atoms with Crippen molar-refractivity contribution in [2.75, 3.05) is 26.3 Å². The minimum Gasteiger partial charge on any atom is -0.379 e. The Kier molecular flexibility index (Phi) is 9.72. The van der Waals surface area contributed by atoms with E-state index in [2.05, 4.69) is 22.8 Å². The van der Waals surface area contributed by atoms with E-state index in [4.69, 9.17) is 10.5 Å². The molecule has 1 aliphatic heterocycles. The standard InChI is InChI=1S/C22H35N3O2.ClH/c23-22(11-4-5-12-22)21(26)25-20(16-19-6-2-1-3-7-19)17-27-15-10-18-8-13-24-14-9-18;/h1-3,6-7,18,20,24H,4-5,8-17,23H2,(H,25,26);1H. The molecule has 0 radical (unpaired) electrons. The van der Waals surface area contributed by atoms with E-state index in [0.29, 0.717) is 6.61 Å². The molecule has 1 saturated carbocycles. The van der Waals surface area contributed by atoms with Crippen LogP contribution in [0.3, 0.4) is 0 Å². The highest BCUT2D eigenvalue weighted by atomic mass is 35.5. The second-order valence-corrected chi connectivity index (χ2v) is 8.28. The topological polar surface area (TPSA) is 76.4 Å². The minimum absolute atomic E-state index is 0. The largest absolute Gasteiger partial charge is 0.379 e. The number of hydrogen-bond acceptors (Lipinski definition) is 4. The predicted molar refractivity (Wildman–Crippen MR) is 116 cm³/mol. The molecule has 1 aromatic carbocycles. The third-order valence-electron chi connectivity index (χ3n) is 6.06. The van der Waals surface area contributed by atoms with Gasteiger partial charge in [-0.25, -0.2) is 0 Å². The van der Waals surface area contributed by atoms with Crippen molar-refractivity contribution in [1.29, 1.82) is 0 Å². The molecule has 6 heteroatoms. The van der Waals surface area contributed by atoms with E-state index in [9.17, 15) is 4.79 Å². The minimum atomic E-state index is -0.690. The number of carbonyl (C=O) groups excluding carboxylic acids is 1. The van der Waals surface area contributed by atoms with Crippen LogP contribution in [0.2, 0.25) is 0 Å². The van der Waals surface area contributed by atoms with E-state index in [-0.39, 0.29) is 24.4 Å². The van der Waals surface area contributed by atoms with Gasteiger partial charge in [0.1, 0.15) is 0 Å². The van der Waals surface area contributed by atoms with Gasteiger partial charge in [0, 0.05) is 6.61 Å². The van der Waals surface area contributed by atoms with Crippen molar-refractivity contribution in [3.05, 3.63) is 35.9 Å². The smallest absolute Gasteiger partial charge is 0.240 e. The van der Waals surface area contributed by atoms with E-state index in [1.807, 2.05) is 18.2 Å². The maximum atomic E-state index is 12.7. The van der Waals surface area contributed by atoms with Crippen molar-refractivity contribution in [2.24, 2.45) is 11.7 Å². The Labute approximate surface area is 175 Å². The number of hydrogen-bond donors (Lipinski definition) is 3. The SMILES string of the molecule is Cl.NC1(C(=O)NC(COCCC2CCNCC2)Cc2ccccc2)CCCC1. The first-order valence-electron chi connectivity index (χ1n) is 10.6. The van der Waals surface area contributed by atoms with Gasteiger partial charge in [0.25, 0.3) is 0 Å². The molecular weight excluding hydrogens is 374 g/mol. The predicted octanol–water partition coefficient (Wildman–Crippen LogP) is 2.81. The van der Waals surface area contributed by atoms with Gasteiger partial charge in [0.2, 0.25) is 5.91 Å². The first-order chi connectivity index (χ1) is 13.2. The molecule has 0 spiro atoms. The molecule has 28 heavy (non-hydrogen) atoms. The van der Waals surface area contributed by atoms with Crippen LogP contribution in [0.15, 0.2) is 30.3 Å². The van der Waals surface area contributed by atoms with Crippen molar-refractivity contribution in [1.82, 2.24) is 10.6 Å². The summed E-state index contributed by atoms with van der Waals surface area (Å²) in [4.78, 5) is 12.7. The fourth-order valence-corrected chi connectivity index (χ4v) is 4.26. The first kappa shape index (κ1) is 23.1. The van der Waals surface area contributed by atoms with Crippen molar-refractivity contribution >= 4 is 18.3 Å². The zero-order chi connectivity index (χ0) is 19.0. The lowest BCUT2D eigenvalue weighted by molar-refractivity contribution is -0.127. The molecule has 1 aliphatic carbocycles. The Morgan fingerprint density at radius 3 is 2.57 bits per heavy atom. The molecule has 1 amide bonds. The fraction of sp³-hybridized carbons (Fsp3) is 0.682. The van der Waals surface area contributed by atoms with Crippen LogP contribution in [-0.2, 0) is 16.0 Å². The van der Waals surface area contributed by atoms with E-state index < -0.39 is 5.54 Å². The van der Waals surface area contributed by atoms with E-state index in [1.54, 1.807) is 0 Å². The van der Waals surface area contributed by atoms with Crippen molar-refractivity contribution in [3.63, 3.8) is 0 Å². The van der Waals surface area contributed by atoms with Gasteiger partial charge in [-0.1, -0.05) is 43.2 Å². The highest BCUT2D eigenvalue weighted by molar-refractivity contribution is 5.86. The Balaban J connectivity index is 0.00000280. The average Bonchev–Trinajstić information content (AvgIpc) is 3.15. The van der Waals surface area contributed by atoms with Gasteiger partial charge in [0.15, 0.2) is 0 Å². The third kappa shape index (κ3) is 7.03. The molecule has 0 aromatic heterocycles. The molecule has 2 aliphatic rings. The van der Waals surface area contributed by atoms with Crippen LogP contribution in [0.25, 0.3) is 0 Å². The summed E-state index contributed by atoms with van der Waals surface area (Å²) in [6.07, 6.45) is 8.01. The van der Waals surface area contributed by atoms with Gasteiger partial charge in [-0.15, -0.1) is 12.4 Å². The molecule has 5 nitrogen and oxygen atoms in total. The van der Waals surface area contributed by atoms with Gasteiger partial charge in [0.05, 0.1) is 18.2 Å². The maximum Gasteiger partial charge on any atom is 0.240 e. The molecule has 1 atom stereocenters. The number of carbonyl (C=O) groups is 1. The van der Waals surface area contributed by atoms with Crippen LogP contribution < -0.4 is 16.4 Å². The molecular formula is C22H36ClN3O2. The van der Waals surface area contributed by atoms with Crippen molar-refractivity contribution in [2.45, 2.75) is 62.9 Å². The molecule has 1 heterocycles. The monoisotopic (exact) mass is 409 g/mol. The van der Waals surface area contributed by atoms with Crippen molar-refractivity contribution in [3.8, 4) is 0 Å². The molecule has 0 bridgehead atoms. The maximum absolute atomic E-state index is 12.7. The molecule has 2 fully saturated rings. The first-order valence-corrected chi connectivity index (χ1v) is 10.6. The Morgan fingerprint density at radius 1 is 1.21 bits per heavy atom. The Bertz CT molecular complexity index is 572. The summed E-state index contributed by atoms with van der Waals surface area (Å²) in [5.74, 6) is 0.752. The van der Waals surface area contributed by atoms with Gasteiger partial charge < -0.3 is 21.1 Å². The number of nitrogens with two attached hydrogens (primary N) is 1. The zero-order valence-electron chi connectivity index (χ0n) is 16.8. The summed E-state index contributed by atoms with van der Waals surface area (Å²) < 4.78 is 5.99. The van der Waals surface area contributed by atoms with Crippen LogP contribution in [0, 0.1) is 5.92 Å². The summed E-state index contributed by atoms with van der Waals surface area (Å²) >= 11 is 0. The third-order valence-corrected chi connectivity index (χ3v) is 6.06. The van der Waals surface area contributed by atoms with E-state index in [0.717, 1.165) is 64.1 Å². The Morgan fingerprint density at radius 2 is 1.89 bits per heavy atom. The quantitative estimate of drug-likeness (QED) is 0.548. The average molecular weight is 410 g/mol. The number of halogens is 1. The van der Waals surface area contributed by atoms with E-state index in [1.165, 1.54) is 18.4 Å². The normalized spacial score (nSPS) is 20.3. The van der Waals surface area contributed by atoms with Crippen LogP contribution in [0.5, 0.6) is 0 Å². The summed E-state index contributed by atoms with van der Waals surface area (Å²) in [6.45, 7) is 3.55. The van der Waals surface area contributed by atoms with Gasteiger partial charge >= 0.3 is 0 Å². The van der Waals surface area contributed by atoms with Crippen LogP contribution in [0.1, 0.15) is 50.5 Å². The molecule has 1 aromatic rings. The highest BCUT2D eigenvalue weighted by Crippen LogP contribution is 2.27. The van der Waals surface area contributed by atoms with Crippen LogP contribution in [-0.4, -0.2) is 43.8 Å². The Hall–Kier alpha value is -1.14. The summed E-state index contributed by atoms with van der Waals surface area (Å²) in [7, 11) is 0. The fourth-order valence-electron chi connectivity index (χ4n) is 4.26. The molecule has 1 saturated heterocycles. The van der Waals surface area contributed by atoms with E-state index >= 15 is 0 Å². The lowest BCUT2D eigenvalue weighted by Crippen LogP contribution is -2.55. The molecule has 1 unspecified atom stereocenters. The lowest BCUT2D eigenvalue weighted by atomic mass is 9.95. The van der Waals surface area contributed by atoms with Gasteiger partial charge in [-0.2, -0.15) is 0 Å². The number of benzene rings is 1. The van der Waals surface area contributed by atoms with Crippen molar-refractivity contribution < 1.29 is 9.53 Å². The van der Waals surface area contributed by atoms with Gasteiger partial charge in [-0.3, -0.25) is 4.79 Å². The summed E-state index contributed by atoms with van der Waals surface area (Å²) in [5, 5.41) is 6.59. The zero-order valence-corrected chi connectivity index (χ0v) is 17.6. The summed E-state index contributed by atoms with van der Waals surface area (Å²) in [5.41, 5.74) is 6.86. The molecule has 158 valence electrons. The number of ether oxygens (including phenoxy) is 1. The van der Waals surface area contributed by atoms with Crippen LogP contribution >= 0.6 is 12.4 Å². The number of rotatable bonds is 9. The van der Waals surface area contributed by atoms with Gasteiger partial charge in [-0.05, 0) is 63.1 Å². The highest BCUT2D eigenvalue weighted by Gasteiger charge is 2.37. The van der Waals surface area contributed by atoms with Crippen LogP contribution in [0.4, 0.5) is 0 Å². The molecule has 4 N–H and O–H groups in total. The second-order valence-electron chi connectivity index (χ2n) is 8.28. The molecule has 3 rings (SSSR count). The number of piperidine rings is 1. The summed E-state index contributed by atoms with van der Waals surface area (Å²) in [6, 6.07) is 10.2. The number of nitrogens with one attached hydrogen (secondary N) is 2. The number of amides is 1. The lowest BCUT2D eigenvalue weighted by Gasteiger charge is -2.27.